The van der Waals surface area contributed by atoms with E-state index in [1.165, 1.54) is 0 Å². The average molecular weight is 144 g/mol. The maximum absolute atomic E-state index is 10.1. The quantitative estimate of drug-likeness (QED) is 0.542. The van der Waals surface area contributed by atoms with Gasteiger partial charge < -0.3 is 10.3 Å². The van der Waals surface area contributed by atoms with Gasteiger partial charge in [-0.1, -0.05) is 11.2 Å². The summed E-state index contributed by atoms with van der Waals surface area (Å²) in [5.74, 6) is 0.625. The van der Waals surface area contributed by atoms with Crippen molar-refractivity contribution in [2.75, 3.05) is 18.6 Å². The molecule has 7 heavy (non-hydrogen) atoms. The van der Waals surface area contributed by atoms with Gasteiger partial charge in [0.2, 0.25) is 0 Å². The van der Waals surface area contributed by atoms with Crippen LogP contribution in [0.25, 0.3) is 0 Å². The molecule has 0 aliphatic carbocycles. The van der Waals surface area contributed by atoms with Gasteiger partial charge in [-0.15, -0.1) is 12.4 Å². The molecule has 46 valence electrons. The van der Waals surface area contributed by atoms with E-state index in [-0.39, 0.29) is 12.4 Å². The molecule has 0 heterocycles. The van der Waals surface area contributed by atoms with Crippen LogP contribution >= 0.6 is 12.4 Å². The third-order valence-corrected chi connectivity index (χ3v) is 1.22. The predicted octanol–water partition coefficient (Wildman–Crippen LogP) is -0.255. The fourth-order valence-electron chi connectivity index (χ4n) is 0.166. The molecule has 0 bridgehead atoms. The first-order valence-corrected chi connectivity index (χ1v) is 3.50. The van der Waals surface area contributed by atoms with Crippen molar-refractivity contribution >= 4 is 23.6 Å². The highest BCUT2D eigenvalue weighted by molar-refractivity contribution is 7.90. The first kappa shape index (κ1) is 10.5. The van der Waals surface area contributed by atoms with Crippen molar-refractivity contribution in [1.29, 1.82) is 0 Å². The van der Waals surface area contributed by atoms with Crippen LogP contribution in [0.4, 0.5) is 0 Å². The second kappa shape index (κ2) is 6.56. The first-order chi connectivity index (χ1) is 2.77. The van der Waals surface area contributed by atoms with Crippen molar-refractivity contribution in [3.8, 4) is 0 Å². The van der Waals surface area contributed by atoms with E-state index in [0.29, 0.717) is 12.3 Å². The SMILES string of the molecule is C[S+]([O-])CCN.Cl. The summed E-state index contributed by atoms with van der Waals surface area (Å²) < 4.78 is 10.1. The second-order valence-corrected chi connectivity index (χ2v) is 2.62. The average Bonchev–Trinajstić information content (AvgIpc) is 1.35. The molecule has 4 heteroatoms. The van der Waals surface area contributed by atoms with Gasteiger partial charge in [-0.05, 0) is 0 Å². The van der Waals surface area contributed by atoms with Crippen LogP contribution in [0.1, 0.15) is 0 Å². The van der Waals surface area contributed by atoms with E-state index in [1.54, 1.807) is 6.26 Å². The third-order valence-electron chi connectivity index (χ3n) is 0.405. The maximum Gasteiger partial charge on any atom is 0.117 e. The molecule has 0 saturated carbocycles. The lowest BCUT2D eigenvalue weighted by atomic mass is 10.8. The van der Waals surface area contributed by atoms with E-state index >= 15 is 0 Å². The van der Waals surface area contributed by atoms with Crippen LogP contribution in [-0.2, 0) is 11.2 Å². The Kier molecular flexibility index (Phi) is 9.86. The van der Waals surface area contributed by atoms with Crippen LogP contribution in [0.3, 0.4) is 0 Å². The standard InChI is InChI=1S/C3H9NOS.ClH/c1-6(5)3-2-4;/h2-4H2,1H3;1H. The number of halogens is 1. The Morgan fingerprint density at radius 2 is 2.14 bits per heavy atom. The first-order valence-electron chi connectivity index (χ1n) is 1.77. The van der Waals surface area contributed by atoms with Crippen LogP contribution in [0.5, 0.6) is 0 Å². The zero-order chi connectivity index (χ0) is 4.99. The van der Waals surface area contributed by atoms with Crippen LogP contribution in [-0.4, -0.2) is 23.1 Å². The molecule has 0 saturated heterocycles. The summed E-state index contributed by atoms with van der Waals surface area (Å²) in [5, 5.41) is 0. The molecular weight excluding hydrogens is 134 g/mol. The van der Waals surface area contributed by atoms with Crippen LogP contribution in [0, 0.1) is 0 Å². The number of hydrogen-bond donors (Lipinski definition) is 1. The highest BCUT2D eigenvalue weighted by Crippen LogP contribution is 1.75. The fraction of sp³-hybridized carbons (Fsp3) is 1.00. The summed E-state index contributed by atoms with van der Waals surface area (Å²) in [6.07, 6.45) is 1.65. The molecule has 2 nitrogen and oxygen atoms in total. The van der Waals surface area contributed by atoms with Gasteiger partial charge in [0.05, 0.1) is 6.26 Å². The summed E-state index contributed by atoms with van der Waals surface area (Å²) in [4.78, 5) is 0. The lowest BCUT2D eigenvalue weighted by Crippen LogP contribution is -2.13. The zero-order valence-electron chi connectivity index (χ0n) is 4.22. The molecule has 0 amide bonds. The Labute approximate surface area is 53.1 Å². The Balaban J connectivity index is 0. The number of hydrogen-bond acceptors (Lipinski definition) is 2. The molecule has 1 atom stereocenters. The van der Waals surface area contributed by atoms with E-state index in [2.05, 4.69) is 0 Å². The Morgan fingerprint density at radius 1 is 1.71 bits per heavy atom. The molecule has 0 radical (unpaired) electrons. The van der Waals surface area contributed by atoms with Crippen molar-refractivity contribution in [2.45, 2.75) is 0 Å². The molecular formula is C3H10ClNOS. The number of rotatable bonds is 2. The van der Waals surface area contributed by atoms with Crippen molar-refractivity contribution < 1.29 is 4.55 Å². The van der Waals surface area contributed by atoms with Crippen molar-refractivity contribution in [1.82, 2.24) is 0 Å². The second-order valence-electron chi connectivity index (χ2n) is 1.07. The summed E-state index contributed by atoms with van der Waals surface area (Å²) >= 11 is -0.691. The van der Waals surface area contributed by atoms with Gasteiger partial charge in [0.15, 0.2) is 0 Å². The highest BCUT2D eigenvalue weighted by Gasteiger charge is 1.88. The van der Waals surface area contributed by atoms with Crippen molar-refractivity contribution in [3.63, 3.8) is 0 Å². The van der Waals surface area contributed by atoms with Crippen LogP contribution in [0.2, 0.25) is 0 Å². The minimum atomic E-state index is -0.691. The smallest absolute Gasteiger partial charge is 0.117 e. The molecule has 1 unspecified atom stereocenters. The van der Waals surface area contributed by atoms with Gasteiger partial charge in [-0.25, -0.2) is 0 Å². The van der Waals surface area contributed by atoms with Gasteiger partial charge in [-0.2, -0.15) is 0 Å². The van der Waals surface area contributed by atoms with E-state index < -0.39 is 11.2 Å². The largest absolute Gasteiger partial charge is 0.617 e. The molecule has 0 aliphatic rings. The van der Waals surface area contributed by atoms with Crippen molar-refractivity contribution in [3.05, 3.63) is 0 Å². The summed E-state index contributed by atoms with van der Waals surface area (Å²) in [6.45, 7) is 0.531. The van der Waals surface area contributed by atoms with Gasteiger partial charge in [0.25, 0.3) is 0 Å². The van der Waals surface area contributed by atoms with Gasteiger partial charge in [0.1, 0.15) is 5.75 Å². The van der Waals surface area contributed by atoms with E-state index in [0.717, 1.165) is 0 Å². The monoisotopic (exact) mass is 143 g/mol. The molecule has 0 aliphatic heterocycles. The molecule has 0 aromatic rings. The molecule has 0 fully saturated rings. The Bertz CT molecular complexity index is 36.1. The van der Waals surface area contributed by atoms with Crippen molar-refractivity contribution in [2.24, 2.45) is 5.73 Å². The van der Waals surface area contributed by atoms with Gasteiger partial charge in [0, 0.05) is 6.54 Å². The Hall–Kier alpha value is 0.560. The Morgan fingerprint density at radius 3 is 2.14 bits per heavy atom. The van der Waals surface area contributed by atoms with Crippen LogP contribution < -0.4 is 5.73 Å². The highest BCUT2D eigenvalue weighted by atomic mass is 35.5. The van der Waals surface area contributed by atoms with Gasteiger partial charge in [-0.3, -0.25) is 0 Å². The lowest BCUT2D eigenvalue weighted by Gasteiger charge is -1.98. The molecule has 0 aromatic carbocycles. The van der Waals surface area contributed by atoms with Gasteiger partial charge >= 0.3 is 0 Å². The fourth-order valence-corrected chi connectivity index (χ4v) is 0.498. The summed E-state index contributed by atoms with van der Waals surface area (Å²) in [7, 11) is 0. The molecule has 0 rings (SSSR count). The minimum Gasteiger partial charge on any atom is -0.617 e. The minimum absolute atomic E-state index is 0. The third kappa shape index (κ3) is 10.8. The van der Waals surface area contributed by atoms with Crippen LogP contribution in [0.15, 0.2) is 0 Å². The van der Waals surface area contributed by atoms with E-state index in [9.17, 15) is 4.55 Å². The normalized spacial score (nSPS) is 12.4. The molecule has 0 spiro atoms. The maximum atomic E-state index is 10.1. The summed E-state index contributed by atoms with van der Waals surface area (Å²) in [5.41, 5.74) is 5.04. The zero-order valence-corrected chi connectivity index (χ0v) is 5.85. The van der Waals surface area contributed by atoms with E-state index in [1.807, 2.05) is 0 Å². The van der Waals surface area contributed by atoms with E-state index in [4.69, 9.17) is 5.73 Å². The summed E-state index contributed by atoms with van der Waals surface area (Å²) in [6, 6.07) is 0. The predicted molar refractivity (Wildman–Crippen MR) is 35.2 cm³/mol. The lowest BCUT2D eigenvalue weighted by molar-refractivity contribution is 0.600. The number of nitrogens with two attached hydrogens (primary N) is 1. The topological polar surface area (TPSA) is 49.1 Å². The molecule has 0 aromatic heterocycles. The molecule has 2 N–H and O–H groups in total.